The molecule has 1 aromatic heterocycles. The number of aromatic nitrogens is 1. The fourth-order valence-electron chi connectivity index (χ4n) is 4.65. The highest BCUT2D eigenvalue weighted by Crippen LogP contribution is 2.36. The lowest BCUT2D eigenvalue weighted by Gasteiger charge is -2.25. The number of carbonyl (C=O) groups excluding carboxylic acids is 1. The van der Waals surface area contributed by atoms with Crippen LogP contribution in [0.15, 0.2) is 63.5 Å². The van der Waals surface area contributed by atoms with Crippen LogP contribution in [0.2, 0.25) is 0 Å². The predicted molar refractivity (Wildman–Crippen MR) is 150 cm³/mol. The van der Waals surface area contributed by atoms with E-state index >= 15 is 0 Å². The third kappa shape index (κ3) is 5.11. The van der Waals surface area contributed by atoms with Gasteiger partial charge in [0.25, 0.3) is 5.56 Å². The van der Waals surface area contributed by atoms with Crippen LogP contribution in [0.5, 0.6) is 11.5 Å². The van der Waals surface area contributed by atoms with Gasteiger partial charge in [0, 0.05) is 18.8 Å². The molecule has 0 aliphatic carbocycles. The fourth-order valence-corrected chi connectivity index (χ4v) is 5.70. The molecule has 1 aliphatic heterocycles. The molecule has 8 nitrogen and oxygen atoms in total. The number of methoxy groups -OCH3 is 2. The largest absolute Gasteiger partial charge is 0.493 e. The quantitative estimate of drug-likeness (QED) is 0.389. The van der Waals surface area contributed by atoms with Crippen molar-refractivity contribution in [3.05, 3.63) is 84.5 Å². The van der Waals surface area contributed by atoms with E-state index in [0.29, 0.717) is 37.7 Å². The van der Waals surface area contributed by atoms with E-state index < -0.39 is 12.0 Å². The summed E-state index contributed by atoms with van der Waals surface area (Å²) in [5.41, 5.74) is 3.35. The first-order valence-electron chi connectivity index (χ1n) is 12.6. The minimum atomic E-state index is -0.725. The van der Waals surface area contributed by atoms with E-state index in [2.05, 4.69) is 35.9 Å². The molecule has 4 rings (SSSR count). The first kappa shape index (κ1) is 27.2. The van der Waals surface area contributed by atoms with Gasteiger partial charge in [0.05, 0.1) is 42.7 Å². The van der Waals surface area contributed by atoms with E-state index in [4.69, 9.17) is 14.2 Å². The monoisotopic (exact) mass is 535 g/mol. The first-order chi connectivity index (χ1) is 18.4. The Balaban J connectivity index is 1.88. The third-order valence-corrected chi connectivity index (χ3v) is 7.54. The van der Waals surface area contributed by atoms with Crippen LogP contribution in [0.1, 0.15) is 44.9 Å². The molecule has 9 heteroatoms. The highest BCUT2D eigenvalue weighted by molar-refractivity contribution is 7.07. The highest BCUT2D eigenvalue weighted by Gasteiger charge is 2.33. The normalized spacial score (nSPS) is 15.1. The third-order valence-electron chi connectivity index (χ3n) is 6.56. The number of thiazole rings is 1. The Morgan fingerprint density at radius 3 is 2.34 bits per heavy atom. The Morgan fingerprint density at radius 2 is 1.74 bits per heavy atom. The summed E-state index contributed by atoms with van der Waals surface area (Å²) >= 11 is 1.30. The molecule has 2 aromatic carbocycles. The Labute approximate surface area is 226 Å². The predicted octanol–water partition coefficient (Wildman–Crippen LogP) is 3.66. The molecule has 200 valence electrons. The molecule has 0 N–H and O–H groups in total. The number of anilines is 1. The van der Waals surface area contributed by atoms with Crippen molar-refractivity contribution in [1.82, 2.24) is 4.57 Å². The van der Waals surface area contributed by atoms with Gasteiger partial charge in [-0.15, -0.1) is 0 Å². The van der Waals surface area contributed by atoms with Crippen molar-refractivity contribution < 1.29 is 19.0 Å². The maximum Gasteiger partial charge on any atom is 0.338 e. The maximum atomic E-state index is 13.8. The second kappa shape index (κ2) is 11.7. The van der Waals surface area contributed by atoms with Gasteiger partial charge in [-0.25, -0.2) is 9.79 Å². The number of hydrogen-bond acceptors (Lipinski definition) is 8. The number of benzene rings is 2. The topological polar surface area (TPSA) is 82.4 Å². The van der Waals surface area contributed by atoms with Gasteiger partial charge in [-0.1, -0.05) is 29.5 Å². The van der Waals surface area contributed by atoms with Gasteiger partial charge in [0.15, 0.2) is 16.3 Å². The fraction of sp³-hybridized carbons (Fsp3) is 0.345. The molecule has 1 atom stereocenters. The van der Waals surface area contributed by atoms with Gasteiger partial charge in [0.2, 0.25) is 0 Å². The number of ether oxygens (including phenoxy) is 3. The second-order valence-corrected chi connectivity index (χ2v) is 9.69. The minimum Gasteiger partial charge on any atom is -0.493 e. The molecule has 3 aromatic rings. The summed E-state index contributed by atoms with van der Waals surface area (Å²) in [7, 11) is 3.11. The van der Waals surface area contributed by atoms with Crippen LogP contribution < -0.4 is 29.3 Å². The van der Waals surface area contributed by atoms with Crippen LogP contribution in [-0.2, 0) is 9.53 Å². The summed E-state index contributed by atoms with van der Waals surface area (Å²) in [5, 5.41) is 0. The van der Waals surface area contributed by atoms with Crippen molar-refractivity contribution in [1.29, 1.82) is 0 Å². The van der Waals surface area contributed by atoms with Gasteiger partial charge in [-0.05, 0) is 69.2 Å². The smallest absolute Gasteiger partial charge is 0.338 e. The van der Waals surface area contributed by atoms with Crippen LogP contribution in [0.25, 0.3) is 6.08 Å². The molecular formula is C29H33N3O5S. The van der Waals surface area contributed by atoms with Crippen LogP contribution in [0.4, 0.5) is 5.69 Å². The van der Waals surface area contributed by atoms with E-state index in [0.717, 1.165) is 24.3 Å². The molecule has 0 amide bonds. The summed E-state index contributed by atoms with van der Waals surface area (Å²) in [5.74, 6) is 0.545. The van der Waals surface area contributed by atoms with Gasteiger partial charge >= 0.3 is 5.97 Å². The van der Waals surface area contributed by atoms with Crippen LogP contribution in [-0.4, -0.2) is 44.5 Å². The molecule has 1 aliphatic rings. The summed E-state index contributed by atoms with van der Waals surface area (Å²) in [6.07, 6.45) is 1.87. The van der Waals surface area contributed by atoms with Crippen molar-refractivity contribution in [2.45, 2.75) is 33.7 Å². The molecule has 0 saturated heterocycles. The van der Waals surface area contributed by atoms with Crippen molar-refractivity contribution >= 4 is 29.1 Å². The minimum absolute atomic E-state index is 0.210. The van der Waals surface area contributed by atoms with Crippen LogP contribution >= 0.6 is 11.3 Å². The molecule has 0 fully saturated rings. The van der Waals surface area contributed by atoms with E-state index in [1.54, 1.807) is 44.8 Å². The summed E-state index contributed by atoms with van der Waals surface area (Å²) in [6.45, 7) is 9.82. The van der Waals surface area contributed by atoms with Crippen molar-refractivity contribution in [2.75, 3.05) is 38.8 Å². The first-order valence-corrected chi connectivity index (χ1v) is 13.4. The number of fused-ring (bicyclic) bond motifs is 1. The summed E-state index contributed by atoms with van der Waals surface area (Å²) < 4.78 is 18.4. The van der Waals surface area contributed by atoms with E-state index in [-0.39, 0.29) is 12.2 Å². The molecular weight excluding hydrogens is 502 g/mol. The molecule has 1 unspecified atom stereocenters. The molecule has 0 radical (unpaired) electrons. The lowest BCUT2D eigenvalue weighted by Crippen LogP contribution is -2.40. The van der Waals surface area contributed by atoms with Gasteiger partial charge in [-0.2, -0.15) is 0 Å². The molecule has 0 bridgehead atoms. The maximum absolute atomic E-state index is 13.8. The van der Waals surface area contributed by atoms with Crippen LogP contribution in [0, 0.1) is 0 Å². The number of rotatable bonds is 9. The zero-order chi connectivity index (χ0) is 27.4. The zero-order valence-electron chi connectivity index (χ0n) is 22.6. The molecule has 2 heterocycles. The van der Waals surface area contributed by atoms with Crippen molar-refractivity contribution in [3.8, 4) is 11.5 Å². The van der Waals surface area contributed by atoms with Crippen molar-refractivity contribution in [2.24, 2.45) is 4.99 Å². The van der Waals surface area contributed by atoms with E-state index in [1.165, 1.54) is 11.3 Å². The Bertz CT molecular complexity index is 1530. The Kier molecular flexibility index (Phi) is 8.36. The Hall–Kier alpha value is -3.85. The Morgan fingerprint density at radius 1 is 1.05 bits per heavy atom. The second-order valence-electron chi connectivity index (χ2n) is 8.68. The average molecular weight is 536 g/mol. The standard InChI is InChI=1S/C29H33N3O5S/c1-7-31(8-2)21-13-10-19(11-14-21)16-24-27(33)32-26(20-12-15-22(35-5)23(17-20)36-6)25(28(34)37-9-3)18(4)30-29(32)38-24/h10-17,26H,7-9H2,1-6H3. The molecule has 0 saturated carbocycles. The lowest BCUT2D eigenvalue weighted by molar-refractivity contribution is -0.139. The number of hydrogen-bond donors (Lipinski definition) is 0. The average Bonchev–Trinajstić information content (AvgIpc) is 3.23. The summed E-state index contributed by atoms with van der Waals surface area (Å²) in [4.78, 5) is 34.4. The number of nitrogens with zero attached hydrogens (tertiary/aromatic N) is 3. The van der Waals surface area contributed by atoms with E-state index in [9.17, 15) is 9.59 Å². The van der Waals surface area contributed by atoms with Gasteiger partial charge in [-0.3, -0.25) is 9.36 Å². The van der Waals surface area contributed by atoms with Crippen LogP contribution in [0.3, 0.4) is 0 Å². The summed E-state index contributed by atoms with van der Waals surface area (Å²) in [6, 6.07) is 12.8. The van der Waals surface area contributed by atoms with Crippen molar-refractivity contribution in [3.63, 3.8) is 0 Å². The number of carbonyl (C=O) groups is 1. The van der Waals surface area contributed by atoms with Gasteiger partial charge < -0.3 is 19.1 Å². The molecule has 0 spiro atoms. The molecule has 38 heavy (non-hydrogen) atoms. The highest BCUT2D eigenvalue weighted by atomic mass is 32.1. The van der Waals surface area contributed by atoms with Gasteiger partial charge in [0.1, 0.15) is 0 Å². The lowest BCUT2D eigenvalue weighted by atomic mass is 9.95. The van der Waals surface area contributed by atoms with E-state index in [1.807, 2.05) is 24.3 Å². The number of allylic oxidation sites excluding steroid dienone is 1. The SMILES string of the molecule is CCOC(=O)C1=C(C)N=c2sc(=Cc3ccc(N(CC)CC)cc3)c(=O)n2C1c1ccc(OC)c(OC)c1. The zero-order valence-corrected chi connectivity index (χ0v) is 23.4. The number of esters is 1.